The van der Waals surface area contributed by atoms with Crippen molar-refractivity contribution >= 4 is 17.5 Å². The van der Waals surface area contributed by atoms with Crippen LogP contribution in [0.5, 0.6) is 11.5 Å². The van der Waals surface area contributed by atoms with E-state index in [4.69, 9.17) is 21.1 Å². The van der Waals surface area contributed by atoms with Gasteiger partial charge in [-0.2, -0.15) is 0 Å². The summed E-state index contributed by atoms with van der Waals surface area (Å²) in [4.78, 5) is 12.4. The van der Waals surface area contributed by atoms with Crippen molar-refractivity contribution in [3.63, 3.8) is 0 Å². The lowest BCUT2D eigenvalue weighted by Gasteiger charge is -2.17. The Kier molecular flexibility index (Phi) is 7.14. The number of carbonyl (C=O) groups is 1. The van der Waals surface area contributed by atoms with E-state index in [1.165, 1.54) is 0 Å². The molecule has 1 N–H and O–H groups in total. The Hall–Kier alpha value is -2.20. The zero-order valence-electron chi connectivity index (χ0n) is 14.8. The van der Waals surface area contributed by atoms with E-state index in [-0.39, 0.29) is 12.0 Å². The van der Waals surface area contributed by atoms with Gasteiger partial charge in [0, 0.05) is 11.6 Å². The Labute approximate surface area is 154 Å². The van der Waals surface area contributed by atoms with Crippen molar-refractivity contribution in [2.45, 2.75) is 45.9 Å². The molecule has 0 unspecified atom stereocenters. The molecule has 2 aromatic rings. The van der Waals surface area contributed by atoms with Crippen LogP contribution in [-0.4, -0.2) is 18.1 Å². The highest BCUT2D eigenvalue weighted by Gasteiger charge is 2.18. The topological polar surface area (TPSA) is 47.6 Å². The standard InChI is InChI=1S/C20H24ClNO3/c1-4-19(25-17-10-8-16(21)9-11-17)20(23)22-13-15-6-5-7-18(12-15)24-14(2)3/h5-12,14,19H,4,13H2,1-3H3,(H,22,23)/t19-/m1/s1. The zero-order valence-corrected chi connectivity index (χ0v) is 15.5. The molecule has 0 radical (unpaired) electrons. The first kappa shape index (κ1) is 19.1. The van der Waals surface area contributed by atoms with Gasteiger partial charge in [0.25, 0.3) is 5.91 Å². The fourth-order valence-electron chi connectivity index (χ4n) is 2.30. The lowest BCUT2D eigenvalue weighted by Crippen LogP contribution is -2.37. The van der Waals surface area contributed by atoms with Crippen molar-refractivity contribution in [2.75, 3.05) is 0 Å². The van der Waals surface area contributed by atoms with Crippen LogP contribution in [-0.2, 0) is 11.3 Å². The highest BCUT2D eigenvalue weighted by Crippen LogP contribution is 2.18. The van der Waals surface area contributed by atoms with Crippen LogP contribution in [0.25, 0.3) is 0 Å². The van der Waals surface area contributed by atoms with Crippen LogP contribution in [0.3, 0.4) is 0 Å². The average molecular weight is 362 g/mol. The molecular weight excluding hydrogens is 338 g/mol. The van der Waals surface area contributed by atoms with E-state index in [1.54, 1.807) is 24.3 Å². The summed E-state index contributed by atoms with van der Waals surface area (Å²) >= 11 is 5.86. The van der Waals surface area contributed by atoms with E-state index < -0.39 is 6.10 Å². The summed E-state index contributed by atoms with van der Waals surface area (Å²) in [6.45, 7) is 6.30. The van der Waals surface area contributed by atoms with Gasteiger partial charge in [-0.05, 0) is 62.2 Å². The number of halogens is 1. The molecule has 0 aromatic heterocycles. The van der Waals surface area contributed by atoms with E-state index in [9.17, 15) is 4.79 Å². The normalized spacial score (nSPS) is 11.9. The van der Waals surface area contributed by atoms with E-state index in [2.05, 4.69) is 5.32 Å². The molecule has 2 rings (SSSR count). The molecule has 4 nitrogen and oxygen atoms in total. The molecule has 134 valence electrons. The number of carbonyl (C=O) groups excluding carboxylic acids is 1. The minimum atomic E-state index is -0.545. The van der Waals surface area contributed by atoms with Crippen LogP contribution in [0.1, 0.15) is 32.8 Å². The minimum absolute atomic E-state index is 0.113. The summed E-state index contributed by atoms with van der Waals surface area (Å²) in [5.74, 6) is 1.28. The molecule has 0 fully saturated rings. The van der Waals surface area contributed by atoms with Crippen molar-refractivity contribution in [3.05, 3.63) is 59.1 Å². The monoisotopic (exact) mass is 361 g/mol. The van der Waals surface area contributed by atoms with E-state index in [1.807, 2.05) is 45.0 Å². The third-order valence-corrected chi connectivity index (χ3v) is 3.74. The predicted molar refractivity (Wildman–Crippen MR) is 100 cm³/mol. The molecular formula is C20H24ClNO3. The fourth-order valence-corrected chi connectivity index (χ4v) is 2.43. The van der Waals surface area contributed by atoms with Crippen LogP contribution in [0.15, 0.2) is 48.5 Å². The van der Waals surface area contributed by atoms with Gasteiger partial charge in [-0.3, -0.25) is 4.79 Å². The van der Waals surface area contributed by atoms with Gasteiger partial charge in [0.1, 0.15) is 11.5 Å². The molecule has 0 aliphatic carbocycles. The molecule has 25 heavy (non-hydrogen) atoms. The highest BCUT2D eigenvalue weighted by atomic mass is 35.5. The zero-order chi connectivity index (χ0) is 18.2. The molecule has 0 aliphatic rings. The predicted octanol–water partition coefficient (Wildman–Crippen LogP) is 4.60. The lowest BCUT2D eigenvalue weighted by atomic mass is 10.2. The average Bonchev–Trinajstić information content (AvgIpc) is 2.59. The fraction of sp³-hybridized carbons (Fsp3) is 0.350. The summed E-state index contributed by atoms with van der Waals surface area (Å²) in [5, 5.41) is 3.55. The third-order valence-electron chi connectivity index (χ3n) is 3.49. The number of ether oxygens (including phenoxy) is 2. The second-order valence-electron chi connectivity index (χ2n) is 6.00. The van der Waals surface area contributed by atoms with Gasteiger partial charge in [0.05, 0.1) is 6.10 Å². The summed E-state index contributed by atoms with van der Waals surface area (Å²) < 4.78 is 11.4. The first-order valence-electron chi connectivity index (χ1n) is 8.43. The SMILES string of the molecule is CC[C@@H](Oc1ccc(Cl)cc1)C(=O)NCc1cccc(OC(C)C)c1. The Bertz CT molecular complexity index is 686. The van der Waals surface area contributed by atoms with Crippen LogP contribution < -0.4 is 14.8 Å². The minimum Gasteiger partial charge on any atom is -0.491 e. The Balaban J connectivity index is 1.92. The molecule has 0 spiro atoms. The maximum Gasteiger partial charge on any atom is 0.261 e. The number of hydrogen-bond acceptors (Lipinski definition) is 3. The van der Waals surface area contributed by atoms with Gasteiger partial charge in [-0.25, -0.2) is 0 Å². The van der Waals surface area contributed by atoms with Crippen LogP contribution >= 0.6 is 11.6 Å². The second-order valence-corrected chi connectivity index (χ2v) is 6.44. The van der Waals surface area contributed by atoms with Crippen LogP contribution in [0.4, 0.5) is 0 Å². The summed E-state index contributed by atoms with van der Waals surface area (Å²) in [5.41, 5.74) is 0.979. The number of hydrogen-bond donors (Lipinski definition) is 1. The molecule has 0 saturated heterocycles. The van der Waals surface area contributed by atoms with Crippen molar-refractivity contribution in [1.29, 1.82) is 0 Å². The van der Waals surface area contributed by atoms with Crippen molar-refractivity contribution < 1.29 is 14.3 Å². The summed E-state index contributed by atoms with van der Waals surface area (Å²) in [6.07, 6.45) is 0.142. The van der Waals surface area contributed by atoms with Crippen molar-refractivity contribution in [1.82, 2.24) is 5.32 Å². The Morgan fingerprint density at radius 3 is 2.44 bits per heavy atom. The van der Waals surface area contributed by atoms with E-state index in [0.29, 0.717) is 23.7 Å². The quantitative estimate of drug-likeness (QED) is 0.747. The first-order chi connectivity index (χ1) is 12.0. The van der Waals surface area contributed by atoms with E-state index >= 15 is 0 Å². The third kappa shape index (κ3) is 6.31. The lowest BCUT2D eigenvalue weighted by molar-refractivity contribution is -0.128. The van der Waals surface area contributed by atoms with Crippen molar-refractivity contribution in [3.8, 4) is 11.5 Å². The van der Waals surface area contributed by atoms with E-state index in [0.717, 1.165) is 11.3 Å². The van der Waals surface area contributed by atoms with Gasteiger partial charge < -0.3 is 14.8 Å². The Morgan fingerprint density at radius 1 is 1.08 bits per heavy atom. The molecule has 2 aromatic carbocycles. The molecule has 5 heteroatoms. The molecule has 0 heterocycles. The summed E-state index contributed by atoms with van der Waals surface area (Å²) in [7, 11) is 0. The smallest absolute Gasteiger partial charge is 0.261 e. The number of rotatable bonds is 8. The second kappa shape index (κ2) is 9.33. The van der Waals surface area contributed by atoms with Gasteiger partial charge in [0.2, 0.25) is 0 Å². The summed E-state index contributed by atoms with van der Waals surface area (Å²) in [6, 6.07) is 14.7. The maximum absolute atomic E-state index is 12.4. The molecule has 1 atom stereocenters. The van der Waals surface area contributed by atoms with Crippen LogP contribution in [0.2, 0.25) is 5.02 Å². The number of nitrogens with one attached hydrogen (secondary N) is 1. The first-order valence-corrected chi connectivity index (χ1v) is 8.81. The van der Waals surface area contributed by atoms with Crippen molar-refractivity contribution in [2.24, 2.45) is 0 Å². The molecule has 0 aliphatic heterocycles. The molecule has 0 bridgehead atoms. The number of amides is 1. The maximum atomic E-state index is 12.4. The molecule has 1 amide bonds. The van der Waals surface area contributed by atoms with Gasteiger partial charge in [-0.1, -0.05) is 30.7 Å². The van der Waals surface area contributed by atoms with Gasteiger partial charge >= 0.3 is 0 Å². The largest absolute Gasteiger partial charge is 0.491 e. The van der Waals surface area contributed by atoms with Gasteiger partial charge in [0.15, 0.2) is 6.10 Å². The van der Waals surface area contributed by atoms with Gasteiger partial charge in [-0.15, -0.1) is 0 Å². The highest BCUT2D eigenvalue weighted by molar-refractivity contribution is 6.30. The van der Waals surface area contributed by atoms with Crippen LogP contribution in [0, 0.1) is 0 Å². The Morgan fingerprint density at radius 2 is 1.80 bits per heavy atom. The number of benzene rings is 2. The molecule has 0 saturated carbocycles.